The average Bonchev–Trinajstić information content (AvgIpc) is 2.89. The fraction of sp³-hybridized carbons (Fsp3) is 0.300. The number of para-hydroxylation sites is 1. The first-order valence-corrected chi connectivity index (χ1v) is 9.98. The van der Waals surface area contributed by atoms with Crippen molar-refractivity contribution >= 4 is 40.7 Å². The van der Waals surface area contributed by atoms with Gasteiger partial charge < -0.3 is 15.0 Å². The number of thioether (sulfide) groups is 1. The van der Waals surface area contributed by atoms with Gasteiger partial charge in [0.25, 0.3) is 11.6 Å². The van der Waals surface area contributed by atoms with Gasteiger partial charge in [-0.05, 0) is 24.6 Å². The van der Waals surface area contributed by atoms with Crippen molar-refractivity contribution in [2.45, 2.75) is 23.5 Å². The molecule has 1 amide bonds. The number of fused-ring (bicyclic) bond motifs is 1. The van der Waals surface area contributed by atoms with Crippen LogP contribution in [0.25, 0.3) is 0 Å². The van der Waals surface area contributed by atoms with E-state index in [4.69, 9.17) is 4.74 Å². The second kappa shape index (κ2) is 8.95. The van der Waals surface area contributed by atoms with Crippen LogP contribution in [0.1, 0.15) is 23.7 Å². The Kier molecular flexibility index (Phi) is 6.38. The van der Waals surface area contributed by atoms with Crippen molar-refractivity contribution in [2.75, 3.05) is 30.4 Å². The smallest absolute Gasteiger partial charge is 0.341 e. The fourth-order valence-electron chi connectivity index (χ4n) is 3.06. The number of rotatable bonds is 5. The van der Waals surface area contributed by atoms with Gasteiger partial charge >= 0.3 is 5.97 Å². The van der Waals surface area contributed by atoms with E-state index in [2.05, 4.69) is 12.2 Å². The monoisotopic (exact) mass is 415 g/mol. The normalized spacial score (nSPS) is 15.8. The Labute approximate surface area is 172 Å². The van der Waals surface area contributed by atoms with Gasteiger partial charge in [-0.15, -0.1) is 11.8 Å². The molecule has 8 nitrogen and oxygen atoms in total. The van der Waals surface area contributed by atoms with Crippen molar-refractivity contribution in [1.82, 2.24) is 0 Å². The lowest BCUT2D eigenvalue weighted by Crippen LogP contribution is -2.35. The molecule has 1 aliphatic rings. The summed E-state index contributed by atoms with van der Waals surface area (Å²) in [5.74, 6) is -1.13. The van der Waals surface area contributed by atoms with Gasteiger partial charge in [-0.3, -0.25) is 14.9 Å². The van der Waals surface area contributed by atoms with Gasteiger partial charge in [-0.1, -0.05) is 19.1 Å². The van der Waals surface area contributed by atoms with Crippen LogP contribution in [0.5, 0.6) is 0 Å². The summed E-state index contributed by atoms with van der Waals surface area (Å²) in [5.41, 5.74) is 0.970. The van der Waals surface area contributed by atoms with E-state index in [1.165, 1.54) is 12.1 Å². The molecule has 0 saturated carbocycles. The Bertz CT molecular complexity index is 949. The molecular weight excluding hydrogens is 394 g/mol. The van der Waals surface area contributed by atoms with E-state index in [0.717, 1.165) is 23.1 Å². The summed E-state index contributed by atoms with van der Waals surface area (Å²) in [6.45, 7) is 2.19. The summed E-state index contributed by atoms with van der Waals surface area (Å²) < 4.78 is 5.20. The van der Waals surface area contributed by atoms with Crippen LogP contribution in [0.2, 0.25) is 0 Å². The fourth-order valence-corrected chi connectivity index (χ4v) is 4.17. The third-order valence-electron chi connectivity index (χ3n) is 4.57. The largest absolute Gasteiger partial charge is 0.452 e. The second-order valence-corrected chi connectivity index (χ2v) is 8.02. The zero-order valence-corrected chi connectivity index (χ0v) is 16.9. The van der Waals surface area contributed by atoms with Gasteiger partial charge in [0, 0.05) is 41.6 Å². The zero-order valence-electron chi connectivity index (χ0n) is 16.1. The molecule has 1 heterocycles. The molecule has 0 aromatic heterocycles. The molecule has 1 N–H and O–H groups in total. The standard InChI is InChI=1S/C20H21N3O5S/c1-13-9-10-22(17-5-3-4-6-18(17)29-13)19(24)12-28-20(25)15-11-14(23(26)27)7-8-16(15)21-2/h3-8,11,13,21H,9-10,12H2,1-2H3/t13-/m1/s1. The zero-order chi connectivity index (χ0) is 21.0. The topological polar surface area (TPSA) is 102 Å². The lowest BCUT2D eigenvalue weighted by Gasteiger charge is -2.22. The Balaban J connectivity index is 1.75. The molecule has 0 saturated heterocycles. The molecule has 2 aromatic carbocycles. The van der Waals surface area contributed by atoms with E-state index >= 15 is 0 Å². The molecule has 0 spiro atoms. The summed E-state index contributed by atoms with van der Waals surface area (Å²) in [7, 11) is 1.59. The molecule has 9 heteroatoms. The van der Waals surface area contributed by atoms with Crippen molar-refractivity contribution in [1.29, 1.82) is 0 Å². The number of nitrogens with zero attached hydrogens (tertiary/aromatic N) is 2. The number of carbonyl (C=O) groups excluding carboxylic acids is 2. The minimum atomic E-state index is -0.794. The van der Waals surface area contributed by atoms with Gasteiger partial charge in [0.05, 0.1) is 16.2 Å². The highest BCUT2D eigenvalue weighted by atomic mass is 32.2. The number of anilines is 2. The predicted octanol–water partition coefficient (Wildman–Crippen LogP) is 3.71. The van der Waals surface area contributed by atoms with Gasteiger partial charge in [-0.2, -0.15) is 0 Å². The quantitative estimate of drug-likeness (QED) is 0.451. The molecule has 3 rings (SSSR count). The predicted molar refractivity (Wildman–Crippen MR) is 112 cm³/mol. The first-order chi connectivity index (χ1) is 13.9. The molecule has 0 bridgehead atoms. The minimum absolute atomic E-state index is 0.00921. The van der Waals surface area contributed by atoms with E-state index in [1.54, 1.807) is 23.7 Å². The van der Waals surface area contributed by atoms with E-state index in [1.807, 2.05) is 24.3 Å². The van der Waals surface area contributed by atoms with Crippen molar-refractivity contribution in [3.63, 3.8) is 0 Å². The number of nitro benzene ring substituents is 1. The molecule has 0 fully saturated rings. The lowest BCUT2D eigenvalue weighted by atomic mass is 10.1. The minimum Gasteiger partial charge on any atom is -0.452 e. The van der Waals surface area contributed by atoms with E-state index in [9.17, 15) is 19.7 Å². The number of nitrogens with one attached hydrogen (secondary N) is 1. The molecule has 1 aliphatic heterocycles. The summed E-state index contributed by atoms with van der Waals surface area (Å²) in [6, 6.07) is 11.5. The first-order valence-electron chi connectivity index (χ1n) is 9.10. The molecule has 0 radical (unpaired) electrons. The molecule has 1 atom stereocenters. The number of carbonyl (C=O) groups is 2. The van der Waals surface area contributed by atoms with Crippen molar-refractivity contribution in [2.24, 2.45) is 0 Å². The van der Waals surface area contributed by atoms with E-state index < -0.39 is 17.5 Å². The Morgan fingerprint density at radius 2 is 2.07 bits per heavy atom. The number of esters is 1. The Morgan fingerprint density at radius 3 is 2.79 bits per heavy atom. The maximum Gasteiger partial charge on any atom is 0.341 e. The van der Waals surface area contributed by atoms with Crippen LogP contribution in [0.4, 0.5) is 17.1 Å². The summed E-state index contributed by atoms with van der Waals surface area (Å²) in [5, 5.41) is 14.2. The van der Waals surface area contributed by atoms with Crippen LogP contribution in [-0.2, 0) is 9.53 Å². The van der Waals surface area contributed by atoms with Crippen molar-refractivity contribution in [3.8, 4) is 0 Å². The highest BCUT2D eigenvalue weighted by molar-refractivity contribution is 8.00. The van der Waals surface area contributed by atoms with Crippen LogP contribution in [0.15, 0.2) is 47.4 Å². The second-order valence-electron chi connectivity index (χ2n) is 6.54. The number of non-ortho nitro benzene ring substituents is 1. The highest BCUT2D eigenvalue weighted by Gasteiger charge is 2.25. The lowest BCUT2D eigenvalue weighted by molar-refractivity contribution is -0.384. The summed E-state index contributed by atoms with van der Waals surface area (Å²) in [4.78, 5) is 38.3. The molecule has 2 aromatic rings. The molecule has 0 aliphatic carbocycles. The van der Waals surface area contributed by atoms with Crippen LogP contribution >= 0.6 is 11.8 Å². The Hall–Kier alpha value is -3.07. The third-order valence-corrected chi connectivity index (χ3v) is 5.81. The first kappa shape index (κ1) is 20.7. The summed E-state index contributed by atoms with van der Waals surface area (Å²) in [6.07, 6.45) is 0.813. The summed E-state index contributed by atoms with van der Waals surface area (Å²) >= 11 is 1.71. The van der Waals surface area contributed by atoms with Gasteiger partial charge in [-0.25, -0.2) is 4.79 Å². The van der Waals surface area contributed by atoms with Gasteiger partial charge in [0.1, 0.15) is 0 Å². The average molecular weight is 415 g/mol. The number of hydrogen-bond acceptors (Lipinski definition) is 7. The number of hydrogen-bond donors (Lipinski definition) is 1. The van der Waals surface area contributed by atoms with Gasteiger partial charge in [0.2, 0.25) is 0 Å². The number of amides is 1. The number of nitro groups is 1. The van der Waals surface area contributed by atoms with E-state index in [0.29, 0.717) is 17.5 Å². The molecule has 0 unspecified atom stereocenters. The number of ether oxygens (including phenoxy) is 1. The van der Waals surface area contributed by atoms with Gasteiger partial charge in [0.15, 0.2) is 6.61 Å². The third kappa shape index (κ3) is 4.68. The van der Waals surface area contributed by atoms with Crippen molar-refractivity contribution < 1.29 is 19.2 Å². The van der Waals surface area contributed by atoms with Crippen LogP contribution in [0, 0.1) is 10.1 Å². The number of benzene rings is 2. The SMILES string of the molecule is CNc1ccc([N+](=O)[O-])cc1C(=O)OCC(=O)N1CC[C@@H](C)Sc2ccccc21. The maximum atomic E-state index is 12.8. The van der Waals surface area contributed by atoms with Crippen LogP contribution < -0.4 is 10.2 Å². The molecular formula is C20H21N3O5S. The Morgan fingerprint density at radius 1 is 1.31 bits per heavy atom. The highest BCUT2D eigenvalue weighted by Crippen LogP contribution is 2.37. The van der Waals surface area contributed by atoms with E-state index in [-0.39, 0.29) is 17.2 Å². The maximum absolute atomic E-state index is 12.8. The molecule has 29 heavy (non-hydrogen) atoms. The van der Waals surface area contributed by atoms with Crippen molar-refractivity contribution in [3.05, 3.63) is 58.1 Å². The van der Waals surface area contributed by atoms with Crippen LogP contribution in [-0.4, -0.2) is 42.2 Å². The van der Waals surface area contributed by atoms with Crippen LogP contribution in [0.3, 0.4) is 0 Å². The molecule has 152 valence electrons.